The third-order valence-corrected chi connectivity index (χ3v) is 2.01. The highest BCUT2D eigenvalue weighted by Crippen LogP contribution is 2.32. The van der Waals surface area contributed by atoms with Crippen LogP contribution in [0, 0.1) is 17.0 Å². The lowest BCUT2D eigenvalue weighted by atomic mass is 10.1. The van der Waals surface area contributed by atoms with Crippen LogP contribution in [0.2, 0.25) is 0 Å². The van der Waals surface area contributed by atoms with Gasteiger partial charge in [0.25, 0.3) is 5.69 Å². The Morgan fingerprint density at radius 1 is 1.53 bits per heavy atom. The fourth-order valence-corrected chi connectivity index (χ4v) is 1.31. The highest BCUT2D eigenvalue weighted by molar-refractivity contribution is 5.93. The third-order valence-electron chi connectivity index (χ3n) is 2.01. The second-order valence-electron chi connectivity index (χ2n) is 3.03. The summed E-state index contributed by atoms with van der Waals surface area (Å²) >= 11 is 0. The van der Waals surface area contributed by atoms with Crippen molar-refractivity contribution in [2.75, 3.05) is 0 Å². The van der Waals surface area contributed by atoms with Gasteiger partial charge in [0.2, 0.25) is 0 Å². The maximum atomic E-state index is 12.0. The fourth-order valence-electron chi connectivity index (χ4n) is 1.31. The molecule has 0 aliphatic carbocycles. The molecule has 92 valence electrons. The van der Waals surface area contributed by atoms with Crippen LogP contribution in [0.4, 0.5) is 14.5 Å². The summed E-state index contributed by atoms with van der Waals surface area (Å²) in [5, 5.41) is 19.4. The van der Waals surface area contributed by atoms with E-state index in [1.54, 1.807) is 0 Å². The van der Waals surface area contributed by atoms with Gasteiger partial charge in [-0.1, -0.05) is 0 Å². The normalized spacial score (nSPS) is 10.4. The standard InChI is InChI=1S/C9H7F2NO5/c1-4-6(17-9(10)11)3-2-5(8(13)14)7(4)12(15)16/h2-3,9H,1H3,(H,13,14). The molecule has 0 aromatic heterocycles. The van der Waals surface area contributed by atoms with Crippen molar-refractivity contribution >= 4 is 11.7 Å². The molecule has 0 radical (unpaired) electrons. The maximum absolute atomic E-state index is 12.0. The SMILES string of the molecule is Cc1c(OC(F)F)ccc(C(=O)O)c1[N+](=O)[O-]. The van der Waals surface area contributed by atoms with E-state index in [1.165, 1.54) is 0 Å². The molecule has 0 heterocycles. The van der Waals surface area contributed by atoms with Crippen LogP contribution >= 0.6 is 0 Å². The first kappa shape index (κ1) is 12.8. The number of alkyl halides is 2. The quantitative estimate of drug-likeness (QED) is 0.650. The van der Waals surface area contributed by atoms with Gasteiger partial charge in [-0.05, 0) is 19.1 Å². The van der Waals surface area contributed by atoms with Crippen molar-refractivity contribution in [3.05, 3.63) is 33.4 Å². The van der Waals surface area contributed by atoms with Crippen molar-refractivity contribution in [1.29, 1.82) is 0 Å². The third kappa shape index (κ3) is 2.65. The van der Waals surface area contributed by atoms with Crippen molar-refractivity contribution in [2.45, 2.75) is 13.5 Å². The maximum Gasteiger partial charge on any atom is 0.387 e. The molecule has 17 heavy (non-hydrogen) atoms. The lowest BCUT2D eigenvalue weighted by Crippen LogP contribution is -2.08. The molecule has 1 aromatic rings. The molecule has 0 atom stereocenters. The Morgan fingerprint density at radius 2 is 2.12 bits per heavy atom. The molecule has 1 N–H and O–H groups in total. The summed E-state index contributed by atoms with van der Waals surface area (Å²) in [5.41, 5.74) is -1.58. The Bertz CT molecular complexity index is 475. The average molecular weight is 247 g/mol. The number of carbonyl (C=O) groups is 1. The lowest BCUT2D eigenvalue weighted by molar-refractivity contribution is -0.385. The molecule has 0 unspecified atom stereocenters. The van der Waals surface area contributed by atoms with Crippen molar-refractivity contribution in [1.82, 2.24) is 0 Å². The zero-order valence-electron chi connectivity index (χ0n) is 8.52. The summed E-state index contributed by atoms with van der Waals surface area (Å²) < 4.78 is 28.0. The Kier molecular flexibility index (Phi) is 3.56. The molecule has 6 nitrogen and oxygen atoms in total. The lowest BCUT2D eigenvalue weighted by Gasteiger charge is -2.09. The number of benzene rings is 1. The first-order chi connectivity index (χ1) is 7.84. The van der Waals surface area contributed by atoms with Gasteiger partial charge in [-0.15, -0.1) is 0 Å². The predicted octanol–water partition coefficient (Wildman–Crippen LogP) is 2.20. The van der Waals surface area contributed by atoms with Gasteiger partial charge >= 0.3 is 12.6 Å². The summed E-state index contributed by atoms with van der Waals surface area (Å²) in [7, 11) is 0. The van der Waals surface area contributed by atoms with Crippen LogP contribution in [-0.4, -0.2) is 22.6 Å². The highest BCUT2D eigenvalue weighted by atomic mass is 19.3. The summed E-state index contributed by atoms with van der Waals surface area (Å²) in [6, 6.07) is 1.81. The highest BCUT2D eigenvalue weighted by Gasteiger charge is 2.26. The number of aromatic carboxylic acids is 1. The summed E-state index contributed by atoms with van der Waals surface area (Å²) in [6.45, 7) is -1.99. The van der Waals surface area contributed by atoms with E-state index in [2.05, 4.69) is 4.74 Å². The zero-order valence-corrected chi connectivity index (χ0v) is 8.52. The minimum Gasteiger partial charge on any atom is -0.477 e. The van der Waals surface area contributed by atoms with Gasteiger partial charge in [-0.3, -0.25) is 10.1 Å². The summed E-state index contributed by atoms with van der Waals surface area (Å²) in [4.78, 5) is 20.5. The van der Waals surface area contributed by atoms with Crippen molar-refractivity contribution < 1.29 is 28.3 Å². The molecule has 1 aromatic carbocycles. The summed E-state index contributed by atoms with van der Waals surface area (Å²) in [6.07, 6.45) is 0. The predicted molar refractivity (Wildman–Crippen MR) is 51.4 cm³/mol. The molecule has 0 amide bonds. The largest absolute Gasteiger partial charge is 0.477 e. The molecule has 1 rings (SSSR count). The van der Waals surface area contributed by atoms with Crippen LogP contribution in [-0.2, 0) is 0 Å². The van der Waals surface area contributed by atoms with Gasteiger partial charge in [-0.2, -0.15) is 8.78 Å². The first-order valence-corrected chi connectivity index (χ1v) is 4.30. The van der Waals surface area contributed by atoms with Gasteiger partial charge in [0.05, 0.1) is 10.5 Å². The van der Waals surface area contributed by atoms with E-state index in [4.69, 9.17) is 5.11 Å². The Morgan fingerprint density at radius 3 is 2.53 bits per heavy atom. The average Bonchev–Trinajstić information content (AvgIpc) is 2.19. The number of hydrogen-bond acceptors (Lipinski definition) is 4. The van der Waals surface area contributed by atoms with E-state index in [9.17, 15) is 23.7 Å². The minimum atomic E-state index is -3.14. The van der Waals surface area contributed by atoms with Gasteiger partial charge < -0.3 is 9.84 Å². The van der Waals surface area contributed by atoms with Crippen molar-refractivity contribution in [3.8, 4) is 5.75 Å². The summed E-state index contributed by atoms with van der Waals surface area (Å²) in [5.74, 6) is -1.93. The first-order valence-electron chi connectivity index (χ1n) is 4.30. The van der Waals surface area contributed by atoms with E-state index in [0.717, 1.165) is 19.1 Å². The van der Waals surface area contributed by atoms with Gasteiger partial charge in [-0.25, -0.2) is 4.79 Å². The number of carboxylic acids is 1. The molecular formula is C9H7F2NO5. The van der Waals surface area contributed by atoms with Crippen molar-refractivity contribution in [2.24, 2.45) is 0 Å². The van der Waals surface area contributed by atoms with Crippen molar-refractivity contribution in [3.63, 3.8) is 0 Å². The fraction of sp³-hybridized carbons (Fsp3) is 0.222. The zero-order chi connectivity index (χ0) is 13.2. The van der Waals surface area contributed by atoms with Crippen LogP contribution in [0.1, 0.15) is 15.9 Å². The molecular weight excluding hydrogens is 240 g/mol. The molecule has 0 fully saturated rings. The van der Waals surface area contributed by atoms with Gasteiger partial charge in [0.15, 0.2) is 0 Å². The topological polar surface area (TPSA) is 89.7 Å². The Hall–Kier alpha value is -2.25. The second-order valence-corrected chi connectivity index (χ2v) is 3.03. The van der Waals surface area contributed by atoms with Gasteiger partial charge in [0, 0.05) is 0 Å². The molecule has 0 spiro atoms. The number of ether oxygens (including phenoxy) is 1. The van der Waals surface area contributed by atoms with E-state index >= 15 is 0 Å². The van der Waals surface area contributed by atoms with Crippen LogP contribution in [0.5, 0.6) is 5.75 Å². The number of nitrogens with zero attached hydrogens (tertiary/aromatic N) is 1. The molecule has 0 bridgehead atoms. The monoisotopic (exact) mass is 247 g/mol. The number of carboxylic acid groups (broad SMARTS) is 1. The molecule has 0 saturated carbocycles. The van der Waals surface area contributed by atoms with E-state index < -0.39 is 34.5 Å². The van der Waals surface area contributed by atoms with E-state index in [1.807, 2.05) is 0 Å². The van der Waals surface area contributed by atoms with Crippen LogP contribution in [0.25, 0.3) is 0 Å². The second kappa shape index (κ2) is 4.73. The number of nitro groups is 1. The Labute approximate surface area is 93.6 Å². The van der Waals surface area contributed by atoms with Gasteiger partial charge in [0.1, 0.15) is 11.3 Å². The molecule has 0 aliphatic heterocycles. The Balaban J connectivity index is 3.38. The minimum absolute atomic E-state index is 0.254. The van der Waals surface area contributed by atoms with Crippen LogP contribution < -0.4 is 4.74 Å². The van der Waals surface area contributed by atoms with Crippen LogP contribution in [0.15, 0.2) is 12.1 Å². The van der Waals surface area contributed by atoms with Crippen LogP contribution in [0.3, 0.4) is 0 Å². The number of halogens is 2. The molecule has 0 saturated heterocycles. The number of rotatable bonds is 4. The van der Waals surface area contributed by atoms with E-state index in [-0.39, 0.29) is 5.56 Å². The molecule has 8 heteroatoms. The number of hydrogen-bond donors (Lipinski definition) is 1. The smallest absolute Gasteiger partial charge is 0.387 e. The van der Waals surface area contributed by atoms with E-state index in [0.29, 0.717) is 0 Å². The number of nitro benzene ring substituents is 1. The molecule has 0 aliphatic rings.